The molecule has 6 heterocycles. The lowest BCUT2D eigenvalue weighted by atomic mass is 9.79. The van der Waals surface area contributed by atoms with Crippen molar-refractivity contribution >= 4 is 32.3 Å². The number of carbonyl (C=O) groups is 1. The maximum Gasteiger partial charge on any atom is 0.270 e. The van der Waals surface area contributed by atoms with Gasteiger partial charge in [0.2, 0.25) is 0 Å². The summed E-state index contributed by atoms with van der Waals surface area (Å²) in [6, 6.07) is 4.78. The van der Waals surface area contributed by atoms with Gasteiger partial charge in [0.15, 0.2) is 0 Å². The first kappa shape index (κ1) is 17.4. The van der Waals surface area contributed by atoms with Crippen molar-refractivity contribution in [2.24, 2.45) is 5.92 Å². The van der Waals surface area contributed by atoms with Crippen LogP contribution in [0.2, 0.25) is 0 Å². The summed E-state index contributed by atoms with van der Waals surface area (Å²) in [6.45, 7) is 7.97. The normalized spacial score (nSPS) is 30.6. The highest BCUT2D eigenvalue weighted by Gasteiger charge is 2.40. The molecule has 6 nitrogen and oxygen atoms in total. The van der Waals surface area contributed by atoms with E-state index in [9.17, 15) is 4.79 Å². The van der Waals surface area contributed by atoms with Crippen molar-refractivity contribution in [2.75, 3.05) is 44.3 Å². The van der Waals surface area contributed by atoms with Gasteiger partial charge in [0, 0.05) is 41.5 Å². The smallest absolute Gasteiger partial charge is 0.270 e. The minimum Gasteiger partial charge on any atom is -0.378 e. The van der Waals surface area contributed by atoms with E-state index in [1.165, 1.54) is 30.9 Å². The second kappa shape index (κ2) is 7.04. The molecule has 0 aliphatic carbocycles. The summed E-state index contributed by atoms with van der Waals surface area (Å²) in [5.74, 6) is 0.566. The van der Waals surface area contributed by atoms with Crippen molar-refractivity contribution in [1.82, 2.24) is 15.2 Å². The molecule has 2 aromatic rings. The van der Waals surface area contributed by atoms with Crippen LogP contribution >= 0.6 is 11.3 Å². The average Bonchev–Trinajstić information content (AvgIpc) is 3.15. The van der Waals surface area contributed by atoms with Crippen molar-refractivity contribution < 1.29 is 9.53 Å². The zero-order chi connectivity index (χ0) is 18.4. The van der Waals surface area contributed by atoms with E-state index in [1.807, 2.05) is 12.3 Å². The van der Waals surface area contributed by atoms with Crippen LogP contribution in [-0.2, 0) is 4.74 Å². The number of ether oxygens (including phenoxy) is 1. The van der Waals surface area contributed by atoms with Gasteiger partial charge >= 0.3 is 0 Å². The van der Waals surface area contributed by atoms with Crippen LogP contribution in [0, 0.1) is 5.92 Å². The van der Waals surface area contributed by atoms with Gasteiger partial charge in [-0.3, -0.25) is 14.7 Å². The quantitative estimate of drug-likeness (QED) is 0.878. The van der Waals surface area contributed by atoms with E-state index in [0.717, 1.165) is 36.4 Å². The number of hydrogen-bond donors (Lipinski definition) is 1. The van der Waals surface area contributed by atoms with Crippen molar-refractivity contribution in [3.05, 3.63) is 24.0 Å². The minimum absolute atomic E-state index is 0.0381. The van der Waals surface area contributed by atoms with E-state index in [4.69, 9.17) is 4.74 Å². The van der Waals surface area contributed by atoms with E-state index >= 15 is 0 Å². The van der Waals surface area contributed by atoms with Gasteiger partial charge in [-0.15, -0.1) is 11.3 Å². The van der Waals surface area contributed by atoms with Crippen LogP contribution in [0.3, 0.4) is 0 Å². The molecule has 6 rings (SSSR count). The predicted molar refractivity (Wildman–Crippen MR) is 108 cm³/mol. The number of carbonyl (C=O) groups excluding carboxylic acids is 1. The third-order valence-corrected chi connectivity index (χ3v) is 7.58. The van der Waals surface area contributed by atoms with Crippen LogP contribution < -0.4 is 10.2 Å². The maximum atomic E-state index is 12.9. The van der Waals surface area contributed by atoms with Crippen molar-refractivity contribution in [3.8, 4) is 0 Å². The number of piperidine rings is 3. The van der Waals surface area contributed by atoms with Gasteiger partial charge in [-0.2, -0.15) is 0 Å². The van der Waals surface area contributed by atoms with Crippen LogP contribution in [0.5, 0.6) is 0 Å². The Balaban J connectivity index is 1.34. The largest absolute Gasteiger partial charge is 0.378 e. The molecule has 2 aromatic heterocycles. The van der Waals surface area contributed by atoms with Gasteiger partial charge in [-0.25, -0.2) is 0 Å². The molecule has 0 saturated carbocycles. The molecule has 0 unspecified atom stereocenters. The Labute approximate surface area is 163 Å². The number of pyridine rings is 1. The molecule has 4 aliphatic heterocycles. The summed E-state index contributed by atoms with van der Waals surface area (Å²) in [4.78, 5) is 22.2. The van der Waals surface area contributed by atoms with E-state index < -0.39 is 0 Å². The van der Waals surface area contributed by atoms with E-state index in [-0.39, 0.29) is 11.9 Å². The van der Waals surface area contributed by atoms with Crippen LogP contribution in [0.4, 0.5) is 5.00 Å². The van der Waals surface area contributed by atoms with Gasteiger partial charge in [0.1, 0.15) is 5.69 Å². The molecule has 4 aliphatic rings. The SMILES string of the molecule is C[C@H]1[C@H](NC(=O)c2cc3sc(N4CCOCC4)cc3cn2)C2CCN1CC2. The minimum atomic E-state index is -0.0381. The van der Waals surface area contributed by atoms with Crippen LogP contribution in [0.25, 0.3) is 10.1 Å². The highest BCUT2D eigenvalue weighted by Crippen LogP contribution is 2.34. The van der Waals surface area contributed by atoms with Crippen LogP contribution in [0.15, 0.2) is 18.3 Å². The van der Waals surface area contributed by atoms with Crippen LogP contribution in [-0.4, -0.2) is 67.3 Å². The number of thiophene rings is 1. The first-order chi connectivity index (χ1) is 13.2. The molecular weight excluding hydrogens is 360 g/mol. The number of aromatic nitrogens is 1. The Morgan fingerprint density at radius 2 is 2.00 bits per heavy atom. The number of amides is 1. The summed E-state index contributed by atoms with van der Waals surface area (Å²) < 4.78 is 6.57. The van der Waals surface area contributed by atoms with E-state index in [2.05, 4.69) is 33.1 Å². The molecule has 0 radical (unpaired) electrons. The molecule has 0 spiro atoms. The summed E-state index contributed by atoms with van der Waals surface area (Å²) in [6.07, 6.45) is 4.22. The lowest BCUT2D eigenvalue weighted by molar-refractivity contribution is 0.0216. The highest BCUT2D eigenvalue weighted by molar-refractivity contribution is 7.22. The zero-order valence-corrected chi connectivity index (χ0v) is 16.5. The lowest BCUT2D eigenvalue weighted by Gasteiger charge is -2.49. The summed E-state index contributed by atoms with van der Waals surface area (Å²) in [5.41, 5.74) is 0.529. The molecule has 0 aromatic carbocycles. The predicted octanol–water partition coefficient (Wildman–Crippen LogP) is 2.35. The summed E-state index contributed by atoms with van der Waals surface area (Å²) >= 11 is 1.74. The molecule has 144 valence electrons. The van der Waals surface area contributed by atoms with Gasteiger partial charge < -0.3 is 15.0 Å². The third-order valence-electron chi connectivity index (χ3n) is 6.42. The van der Waals surface area contributed by atoms with Gasteiger partial charge in [-0.1, -0.05) is 0 Å². The number of rotatable bonds is 3. The highest BCUT2D eigenvalue weighted by atomic mass is 32.1. The Morgan fingerprint density at radius 3 is 2.74 bits per heavy atom. The molecule has 2 atom stereocenters. The number of morpholine rings is 1. The molecule has 7 heteroatoms. The van der Waals surface area contributed by atoms with E-state index in [0.29, 0.717) is 17.7 Å². The first-order valence-electron chi connectivity index (χ1n) is 9.96. The Morgan fingerprint density at radius 1 is 1.22 bits per heavy atom. The van der Waals surface area contributed by atoms with E-state index in [1.54, 1.807) is 11.3 Å². The molecule has 4 fully saturated rings. The Kier molecular flexibility index (Phi) is 4.53. The second-order valence-corrected chi connectivity index (χ2v) is 8.97. The fraction of sp³-hybridized carbons (Fsp3) is 0.600. The third kappa shape index (κ3) is 3.22. The number of fused-ring (bicyclic) bond motifs is 4. The molecule has 4 saturated heterocycles. The Bertz CT molecular complexity index is 838. The molecule has 1 amide bonds. The number of hydrogen-bond acceptors (Lipinski definition) is 6. The van der Waals surface area contributed by atoms with Crippen LogP contribution in [0.1, 0.15) is 30.3 Å². The van der Waals surface area contributed by atoms with Gasteiger partial charge in [-0.05, 0) is 50.9 Å². The second-order valence-electron chi connectivity index (χ2n) is 7.90. The summed E-state index contributed by atoms with van der Waals surface area (Å²) in [5, 5.41) is 5.63. The fourth-order valence-electron chi connectivity index (χ4n) is 4.75. The van der Waals surface area contributed by atoms with Crippen molar-refractivity contribution in [2.45, 2.75) is 31.8 Å². The van der Waals surface area contributed by atoms with Crippen molar-refractivity contribution in [1.29, 1.82) is 0 Å². The van der Waals surface area contributed by atoms with Gasteiger partial charge in [0.05, 0.1) is 18.2 Å². The monoisotopic (exact) mass is 386 g/mol. The number of anilines is 1. The standard InChI is InChI=1S/C20H26N4O2S/c1-13-19(14-2-4-23(13)5-3-14)22-20(25)16-11-17-15(12-21-16)10-18(27-17)24-6-8-26-9-7-24/h10-14,19H,2-9H2,1H3,(H,22,25)/t13-,19-/m0/s1. The molecular formula is C20H26N4O2S. The number of nitrogens with one attached hydrogen (secondary N) is 1. The molecule has 1 N–H and O–H groups in total. The maximum absolute atomic E-state index is 12.9. The van der Waals surface area contributed by atoms with Gasteiger partial charge in [0.25, 0.3) is 5.91 Å². The topological polar surface area (TPSA) is 57.7 Å². The lowest BCUT2D eigenvalue weighted by Crippen LogP contribution is -2.62. The first-order valence-corrected chi connectivity index (χ1v) is 10.8. The fourth-order valence-corrected chi connectivity index (χ4v) is 5.88. The average molecular weight is 387 g/mol. The summed E-state index contributed by atoms with van der Waals surface area (Å²) in [7, 11) is 0. The van der Waals surface area contributed by atoms with Crippen molar-refractivity contribution in [3.63, 3.8) is 0 Å². The molecule has 27 heavy (non-hydrogen) atoms. The molecule has 2 bridgehead atoms. The zero-order valence-electron chi connectivity index (χ0n) is 15.7. The number of nitrogens with zero attached hydrogens (tertiary/aromatic N) is 3. The Hall–Kier alpha value is -1.70.